The molecule has 1 aliphatic heterocycles. The van der Waals surface area contributed by atoms with E-state index in [1.54, 1.807) is 13.0 Å². The molecule has 1 atom stereocenters. The highest BCUT2D eigenvalue weighted by Crippen LogP contribution is 2.31. The topological polar surface area (TPSA) is 105 Å². The van der Waals surface area contributed by atoms with E-state index in [-0.39, 0.29) is 37.4 Å². The largest absolute Gasteiger partial charge is 0.394 e. The number of carbonyl (C=O) groups is 1. The third-order valence-electron chi connectivity index (χ3n) is 5.01. The normalized spacial score (nSPS) is 15.2. The Labute approximate surface area is 190 Å². The van der Waals surface area contributed by atoms with E-state index in [1.165, 1.54) is 17.0 Å². The fourth-order valence-corrected chi connectivity index (χ4v) is 3.33. The number of carbonyl (C=O) groups excluding carboxylic acids is 1. The smallest absolute Gasteiger partial charge is 0.256 e. The fourth-order valence-electron chi connectivity index (χ4n) is 3.33. The van der Waals surface area contributed by atoms with Crippen molar-refractivity contribution in [3.05, 3.63) is 58.9 Å². The van der Waals surface area contributed by atoms with Gasteiger partial charge in [-0.1, -0.05) is 19.9 Å². The summed E-state index contributed by atoms with van der Waals surface area (Å²) in [6, 6.07) is 6.07. The minimum atomic E-state index is -1.32. The Morgan fingerprint density at radius 1 is 1.15 bits per heavy atom. The Morgan fingerprint density at radius 3 is 2.42 bits per heavy atom. The van der Waals surface area contributed by atoms with Gasteiger partial charge in [0.25, 0.3) is 5.91 Å². The first-order chi connectivity index (χ1) is 15.6. The van der Waals surface area contributed by atoms with Gasteiger partial charge in [0, 0.05) is 13.1 Å². The molecule has 1 amide bonds. The highest BCUT2D eigenvalue weighted by atomic mass is 19.2. The maximum atomic E-state index is 14.5. The molecule has 0 spiro atoms. The van der Waals surface area contributed by atoms with Crippen molar-refractivity contribution < 1.29 is 33.3 Å². The van der Waals surface area contributed by atoms with Crippen molar-refractivity contribution >= 4 is 17.3 Å². The van der Waals surface area contributed by atoms with E-state index in [1.807, 2.05) is 13.8 Å². The number of amides is 1. The second kappa shape index (κ2) is 11.5. The number of aliphatic hydroxyl groups is 3. The summed E-state index contributed by atoms with van der Waals surface area (Å²) in [5.41, 5.74) is -1.44. The molecular formula is C23H30F3N3O4. The molecule has 33 heavy (non-hydrogen) atoms. The number of likely N-dealkylation sites (tertiary alicyclic amines) is 1. The molecular weight excluding hydrogens is 439 g/mol. The second-order valence-corrected chi connectivity index (χ2v) is 7.75. The first kappa shape index (κ1) is 26.6. The first-order valence-electron chi connectivity index (χ1n) is 10.7. The standard InChI is InChI=1S/C21H24F3N3O4.C2H6/c1-12-2-5-17(16(23)6-12)26-19-14(3-4-15(22)18(19)24)20(30)27-10-21(31,11-27)9-25-7-13(29)8-28;1-2/h2-6,13,25-26,28-29,31H,7-11H2,1H3;1-2H3. The Kier molecular flexibility index (Phi) is 9.24. The molecule has 2 aromatic carbocycles. The fraction of sp³-hybridized carbons (Fsp3) is 0.435. The van der Waals surface area contributed by atoms with Crippen LogP contribution in [0, 0.1) is 24.4 Å². The maximum absolute atomic E-state index is 14.5. The van der Waals surface area contributed by atoms with Gasteiger partial charge in [0.05, 0.1) is 42.7 Å². The Bertz CT molecular complexity index is 968. The van der Waals surface area contributed by atoms with E-state index in [9.17, 15) is 28.2 Å². The van der Waals surface area contributed by atoms with Crippen LogP contribution in [0.4, 0.5) is 24.5 Å². The van der Waals surface area contributed by atoms with E-state index in [0.717, 1.165) is 12.1 Å². The number of nitrogens with one attached hydrogen (secondary N) is 2. The summed E-state index contributed by atoms with van der Waals surface area (Å²) in [5, 5.41) is 33.8. The van der Waals surface area contributed by atoms with Gasteiger partial charge in [-0.3, -0.25) is 4.79 Å². The number of nitrogens with zero attached hydrogens (tertiary/aromatic N) is 1. The lowest BCUT2D eigenvalue weighted by Gasteiger charge is -2.46. The minimum absolute atomic E-state index is 0.0608. The molecule has 1 saturated heterocycles. The van der Waals surface area contributed by atoms with Gasteiger partial charge in [-0.25, -0.2) is 13.2 Å². The van der Waals surface area contributed by atoms with Gasteiger partial charge < -0.3 is 30.9 Å². The van der Waals surface area contributed by atoms with Crippen molar-refractivity contribution in [1.29, 1.82) is 0 Å². The van der Waals surface area contributed by atoms with Crippen LogP contribution in [0.1, 0.15) is 29.8 Å². The van der Waals surface area contributed by atoms with E-state index in [0.29, 0.717) is 5.56 Å². The van der Waals surface area contributed by atoms with Gasteiger partial charge in [0.15, 0.2) is 11.6 Å². The molecule has 2 aromatic rings. The van der Waals surface area contributed by atoms with Crippen molar-refractivity contribution in [2.45, 2.75) is 32.5 Å². The highest BCUT2D eigenvalue weighted by Gasteiger charge is 2.44. The van der Waals surface area contributed by atoms with Crippen molar-refractivity contribution in [2.24, 2.45) is 0 Å². The monoisotopic (exact) mass is 469 g/mol. The summed E-state index contributed by atoms with van der Waals surface area (Å²) in [7, 11) is 0. The maximum Gasteiger partial charge on any atom is 0.256 e. The van der Waals surface area contributed by atoms with Crippen LogP contribution < -0.4 is 10.6 Å². The molecule has 1 aliphatic rings. The molecule has 1 unspecified atom stereocenters. The van der Waals surface area contributed by atoms with Crippen LogP contribution in [0.3, 0.4) is 0 Å². The zero-order valence-electron chi connectivity index (χ0n) is 18.8. The Morgan fingerprint density at radius 2 is 1.82 bits per heavy atom. The lowest BCUT2D eigenvalue weighted by molar-refractivity contribution is -0.0796. The van der Waals surface area contributed by atoms with Crippen LogP contribution in [0.15, 0.2) is 30.3 Å². The lowest BCUT2D eigenvalue weighted by atomic mass is 9.92. The number of hydrogen-bond acceptors (Lipinski definition) is 6. The van der Waals surface area contributed by atoms with E-state index < -0.39 is 47.4 Å². The number of aryl methyl sites for hydroxylation is 1. The van der Waals surface area contributed by atoms with Gasteiger partial charge in [0.1, 0.15) is 11.4 Å². The number of anilines is 2. The van der Waals surface area contributed by atoms with Gasteiger partial charge in [-0.2, -0.15) is 0 Å². The molecule has 0 aliphatic carbocycles. The molecule has 0 saturated carbocycles. The molecule has 1 heterocycles. The molecule has 0 aromatic heterocycles. The third-order valence-corrected chi connectivity index (χ3v) is 5.01. The van der Waals surface area contributed by atoms with E-state index in [2.05, 4.69) is 10.6 Å². The number of rotatable bonds is 8. The zero-order chi connectivity index (χ0) is 24.8. The predicted molar refractivity (Wildman–Crippen MR) is 119 cm³/mol. The average Bonchev–Trinajstić information content (AvgIpc) is 2.77. The molecule has 1 fully saturated rings. The third kappa shape index (κ3) is 6.44. The van der Waals surface area contributed by atoms with E-state index >= 15 is 0 Å². The number of β-amino-alcohol motifs (C(OH)–C–C–N with tert-alkyl or cyclic N) is 1. The first-order valence-corrected chi connectivity index (χ1v) is 10.7. The van der Waals surface area contributed by atoms with Crippen LogP contribution in [0.5, 0.6) is 0 Å². The summed E-state index contributed by atoms with van der Waals surface area (Å²) < 4.78 is 42.5. The molecule has 0 radical (unpaired) electrons. The summed E-state index contributed by atoms with van der Waals surface area (Å²) in [6.07, 6.45) is -0.973. The molecule has 5 N–H and O–H groups in total. The summed E-state index contributed by atoms with van der Waals surface area (Å²) in [5.74, 6) is -3.86. The van der Waals surface area contributed by atoms with Crippen molar-refractivity contribution in [3.8, 4) is 0 Å². The number of benzene rings is 2. The van der Waals surface area contributed by atoms with E-state index in [4.69, 9.17) is 5.11 Å². The second-order valence-electron chi connectivity index (χ2n) is 7.75. The molecule has 182 valence electrons. The van der Waals surface area contributed by atoms with Crippen LogP contribution in [0.2, 0.25) is 0 Å². The van der Waals surface area contributed by atoms with Gasteiger partial charge >= 0.3 is 0 Å². The number of hydrogen-bond donors (Lipinski definition) is 5. The predicted octanol–water partition coefficient (Wildman–Crippen LogP) is 2.31. The summed E-state index contributed by atoms with van der Waals surface area (Å²) in [4.78, 5) is 14.1. The minimum Gasteiger partial charge on any atom is -0.394 e. The number of aliphatic hydroxyl groups excluding tert-OH is 2. The van der Waals surface area contributed by atoms with Crippen molar-refractivity contribution in [1.82, 2.24) is 10.2 Å². The summed E-state index contributed by atoms with van der Waals surface area (Å²) >= 11 is 0. The van der Waals surface area contributed by atoms with Crippen LogP contribution >= 0.6 is 0 Å². The Hall–Kier alpha value is -2.66. The molecule has 7 nitrogen and oxygen atoms in total. The van der Waals surface area contributed by atoms with Crippen molar-refractivity contribution in [2.75, 3.05) is 38.1 Å². The Balaban J connectivity index is 0.00000187. The summed E-state index contributed by atoms with van der Waals surface area (Å²) in [6.45, 7) is 5.21. The van der Waals surface area contributed by atoms with Crippen LogP contribution in [0.25, 0.3) is 0 Å². The van der Waals surface area contributed by atoms with Gasteiger partial charge in [-0.15, -0.1) is 0 Å². The number of halogens is 3. The SMILES string of the molecule is CC.Cc1ccc(Nc2c(C(=O)N3CC(O)(CNCC(O)CO)C3)ccc(F)c2F)c(F)c1. The van der Waals surface area contributed by atoms with Crippen LogP contribution in [-0.2, 0) is 0 Å². The molecule has 3 rings (SSSR count). The molecule has 0 bridgehead atoms. The highest BCUT2D eigenvalue weighted by molar-refractivity contribution is 6.01. The van der Waals surface area contributed by atoms with Crippen molar-refractivity contribution in [3.63, 3.8) is 0 Å². The zero-order valence-corrected chi connectivity index (χ0v) is 18.8. The van der Waals surface area contributed by atoms with Crippen LogP contribution in [-0.4, -0.2) is 70.6 Å². The molecule has 10 heteroatoms. The van der Waals surface area contributed by atoms with Gasteiger partial charge in [0.2, 0.25) is 0 Å². The lowest BCUT2D eigenvalue weighted by Crippen LogP contribution is -2.67. The quantitative estimate of drug-likeness (QED) is 0.407. The average molecular weight is 470 g/mol. The van der Waals surface area contributed by atoms with Gasteiger partial charge in [-0.05, 0) is 36.8 Å².